The fourth-order valence-corrected chi connectivity index (χ4v) is 2.75. The number of nitrogens with zero attached hydrogens (tertiary/aromatic N) is 1. The molecule has 0 aliphatic carbocycles. The number of hydrogen-bond acceptors (Lipinski definition) is 3. The van der Waals surface area contributed by atoms with Crippen LogP contribution in [0.1, 0.15) is 25.3 Å². The number of ether oxygens (including phenoxy) is 1. The Balaban J connectivity index is 1.86. The second-order valence-electron chi connectivity index (χ2n) is 5.91. The van der Waals surface area contributed by atoms with Crippen molar-refractivity contribution < 1.29 is 23.8 Å². The third-order valence-electron chi connectivity index (χ3n) is 4.08. The molecule has 2 atom stereocenters. The first kappa shape index (κ1) is 17.4. The fourth-order valence-electron chi connectivity index (χ4n) is 2.75. The smallest absolute Gasteiger partial charge is 0.306 e. The molecule has 1 aromatic carbocycles. The second-order valence-corrected chi connectivity index (χ2v) is 5.91. The average Bonchev–Trinajstić information content (AvgIpc) is 2.52. The Morgan fingerprint density at radius 1 is 1.43 bits per heavy atom. The molecule has 5 nitrogen and oxygen atoms in total. The summed E-state index contributed by atoms with van der Waals surface area (Å²) >= 11 is 0. The van der Waals surface area contributed by atoms with Crippen molar-refractivity contribution >= 4 is 11.9 Å². The van der Waals surface area contributed by atoms with Gasteiger partial charge in [0.05, 0.1) is 19.1 Å². The van der Waals surface area contributed by atoms with Gasteiger partial charge in [-0.3, -0.25) is 9.59 Å². The highest BCUT2D eigenvalue weighted by Gasteiger charge is 2.28. The van der Waals surface area contributed by atoms with Gasteiger partial charge in [0, 0.05) is 19.0 Å². The predicted octanol–water partition coefficient (Wildman–Crippen LogP) is 2.10. The molecule has 126 valence electrons. The van der Waals surface area contributed by atoms with Crippen LogP contribution in [0.15, 0.2) is 24.3 Å². The standard InChI is InChI=1S/C17H22FNO4/c1-12(6-7-13-4-2-3-5-15(13)18)17(22)19-8-9-23-14(11-19)10-16(20)21/h2-5,12,14H,6-11H2,1H3,(H,20,21)/t12-,14-/m0/s1. The molecule has 1 amide bonds. The molecule has 1 N–H and O–H groups in total. The largest absolute Gasteiger partial charge is 0.481 e. The Labute approximate surface area is 135 Å². The zero-order valence-corrected chi connectivity index (χ0v) is 13.2. The van der Waals surface area contributed by atoms with Gasteiger partial charge in [-0.25, -0.2) is 4.39 Å². The summed E-state index contributed by atoms with van der Waals surface area (Å²) in [6.45, 7) is 2.95. The van der Waals surface area contributed by atoms with Crippen molar-refractivity contribution in [2.24, 2.45) is 5.92 Å². The van der Waals surface area contributed by atoms with E-state index in [-0.39, 0.29) is 24.1 Å². The zero-order valence-electron chi connectivity index (χ0n) is 13.2. The van der Waals surface area contributed by atoms with Crippen LogP contribution in [0.4, 0.5) is 4.39 Å². The van der Waals surface area contributed by atoms with Crippen molar-refractivity contribution in [2.45, 2.75) is 32.3 Å². The summed E-state index contributed by atoms with van der Waals surface area (Å²) in [5.41, 5.74) is 0.609. The van der Waals surface area contributed by atoms with Crippen LogP contribution in [-0.4, -0.2) is 47.7 Å². The first-order valence-electron chi connectivity index (χ1n) is 7.83. The minimum atomic E-state index is -0.933. The van der Waals surface area contributed by atoms with E-state index in [9.17, 15) is 14.0 Å². The zero-order chi connectivity index (χ0) is 16.8. The van der Waals surface area contributed by atoms with Crippen molar-refractivity contribution in [3.05, 3.63) is 35.6 Å². The van der Waals surface area contributed by atoms with Crippen molar-refractivity contribution in [2.75, 3.05) is 19.7 Å². The average molecular weight is 323 g/mol. The van der Waals surface area contributed by atoms with Crippen molar-refractivity contribution in [3.8, 4) is 0 Å². The lowest BCUT2D eigenvalue weighted by Crippen LogP contribution is -2.48. The highest BCUT2D eigenvalue weighted by molar-refractivity contribution is 5.78. The minimum absolute atomic E-state index is 0.0278. The number of carbonyl (C=O) groups excluding carboxylic acids is 1. The molecule has 0 spiro atoms. The summed E-state index contributed by atoms with van der Waals surface area (Å²) in [6.07, 6.45) is 0.500. The number of aryl methyl sites for hydroxylation is 1. The molecule has 1 aliphatic heterocycles. The van der Waals surface area contributed by atoms with Crippen LogP contribution in [0.3, 0.4) is 0 Å². The number of carboxylic acids is 1. The van der Waals surface area contributed by atoms with E-state index in [0.29, 0.717) is 38.1 Å². The van der Waals surface area contributed by atoms with Crippen LogP contribution >= 0.6 is 0 Å². The predicted molar refractivity (Wildman–Crippen MR) is 82.5 cm³/mol. The number of amides is 1. The summed E-state index contributed by atoms with van der Waals surface area (Å²) in [5, 5.41) is 8.82. The van der Waals surface area contributed by atoms with E-state index in [2.05, 4.69) is 0 Å². The van der Waals surface area contributed by atoms with Crippen LogP contribution < -0.4 is 0 Å². The first-order valence-corrected chi connectivity index (χ1v) is 7.83. The Morgan fingerprint density at radius 2 is 2.17 bits per heavy atom. The number of morpholine rings is 1. The molecular formula is C17H22FNO4. The molecule has 1 fully saturated rings. The van der Waals surface area contributed by atoms with Gasteiger partial charge in [-0.15, -0.1) is 0 Å². The summed E-state index contributed by atoms with van der Waals surface area (Å²) in [6, 6.07) is 6.57. The van der Waals surface area contributed by atoms with Gasteiger partial charge in [-0.1, -0.05) is 25.1 Å². The minimum Gasteiger partial charge on any atom is -0.481 e. The molecule has 0 saturated carbocycles. The van der Waals surface area contributed by atoms with Gasteiger partial charge in [0.15, 0.2) is 0 Å². The number of benzene rings is 1. The molecule has 1 aliphatic rings. The van der Waals surface area contributed by atoms with Crippen LogP contribution in [0.2, 0.25) is 0 Å². The van der Waals surface area contributed by atoms with E-state index in [1.807, 2.05) is 6.92 Å². The lowest BCUT2D eigenvalue weighted by Gasteiger charge is -2.34. The molecule has 0 aromatic heterocycles. The monoisotopic (exact) mass is 323 g/mol. The molecule has 6 heteroatoms. The summed E-state index contributed by atoms with van der Waals surface area (Å²) in [7, 11) is 0. The quantitative estimate of drug-likeness (QED) is 0.870. The van der Waals surface area contributed by atoms with Crippen LogP contribution in [0, 0.1) is 11.7 Å². The molecule has 0 bridgehead atoms. The van der Waals surface area contributed by atoms with Crippen molar-refractivity contribution in [1.82, 2.24) is 4.90 Å². The van der Waals surface area contributed by atoms with Crippen molar-refractivity contribution in [1.29, 1.82) is 0 Å². The molecule has 1 aromatic rings. The maximum atomic E-state index is 13.6. The molecule has 0 unspecified atom stereocenters. The highest BCUT2D eigenvalue weighted by atomic mass is 19.1. The summed E-state index contributed by atoms with van der Waals surface area (Å²) in [5.74, 6) is -1.45. The van der Waals surface area contributed by atoms with Gasteiger partial charge in [-0.05, 0) is 24.5 Å². The molecular weight excluding hydrogens is 301 g/mol. The third kappa shape index (κ3) is 5.03. The normalized spacial score (nSPS) is 19.4. The SMILES string of the molecule is C[C@@H](CCc1ccccc1F)C(=O)N1CCO[C@@H](CC(=O)O)C1. The third-order valence-corrected chi connectivity index (χ3v) is 4.08. The number of aliphatic carboxylic acids is 1. The lowest BCUT2D eigenvalue weighted by atomic mass is 9.99. The van der Waals surface area contributed by atoms with Crippen LogP contribution in [-0.2, 0) is 20.7 Å². The number of rotatable bonds is 6. The van der Waals surface area contributed by atoms with E-state index in [1.54, 1.807) is 23.1 Å². The van der Waals surface area contributed by atoms with E-state index in [4.69, 9.17) is 9.84 Å². The highest BCUT2D eigenvalue weighted by Crippen LogP contribution is 2.17. The molecule has 23 heavy (non-hydrogen) atoms. The summed E-state index contributed by atoms with van der Waals surface area (Å²) in [4.78, 5) is 24.9. The van der Waals surface area contributed by atoms with Gasteiger partial charge >= 0.3 is 5.97 Å². The Kier molecular flexibility index (Phi) is 6.10. The van der Waals surface area contributed by atoms with Gasteiger partial charge in [0.2, 0.25) is 5.91 Å². The van der Waals surface area contributed by atoms with Gasteiger partial charge in [0.1, 0.15) is 5.82 Å². The second kappa shape index (κ2) is 8.06. The molecule has 1 saturated heterocycles. The first-order chi connectivity index (χ1) is 11.0. The van der Waals surface area contributed by atoms with E-state index in [1.165, 1.54) is 6.07 Å². The van der Waals surface area contributed by atoms with Crippen molar-refractivity contribution in [3.63, 3.8) is 0 Å². The van der Waals surface area contributed by atoms with Gasteiger partial charge in [0.25, 0.3) is 0 Å². The van der Waals surface area contributed by atoms with E-state index >= 15 is 0 Å². The Hall–Kier alpha value is -1.95. The van der Waals surface area contributed by atoms with Gasteiger partial charge < -0.3 is 14.7 Å². The fraction of sp³-hybridized carbons (Fsp3) is 0.529. The Morgan fingerprint density at radius 3 is 2.87 bits per heavy atom. The molecule has 1 heterocycles. The number of carbonyl (C=O) groups is 2. The molecule has 0 radical (unpaired) electrons. The Bertz CT molecular complexity index is 563. The number of halogens is 1. The van der Waals surface area contributed by atoms with E-state index < -0.39 is 12.1 Å². The maximum absolute atomic E-state index is 13.6. The lowest BCUT2D eigenvalue weighted by molar-refractivity contribution is -0.149. The van der Waals surface area contributed by atoms with Crippen LogP contribution in [0.5, 0.6) is 0 Å². The summed E-state index contributed by atoms with van der Waals surface area (Å²) < 4.78 is 19.0. The van der Waals surface area contributed by atoms with E-state index in [0.717, 1.165) is 0 Å². The topological polar surface area (TPSA) is 66.8 Å². The number of carboxylic acid groups (broad SMARTS) is 1. The maximum Gasteiger partial charge on any atom is 0.306 e. The van der Waals surface area contributed by atoms with Crippen LogP contribution in [0.25, 0.3) is 0 Å². The number of hydrogen-bond donors (Lipinski definition) is 1. The molecule has 2 rings (SSSR count). The van der Waals surface area contributed by atoms with Gasteiger partial charge in [-0.2, -0.15) is 0 Å².